The van der Waals surface area contributed by atoms with Crippen LogP contribution >= 0.6 is 0 Å². The molecule has 0 aliphatic carbocycles. The van der Waals surface area contributed by atoms with E-state index < -0.39 is 0 Å². The van der Waals surface area contributed by atoms with Crippen LogP contribution in [0.3, 0.4) is 0 Å². The Morgan fingerprint density at radius 1 is 1.22 bits per heavy atom. The first-order valence-electron chi connectivity index (χ1n) is 7.08. The predicted octanol–water partition coefficient (Wildman–Crippen LogP) is 2.70. The van der Waals surface area contributed by atoms with E-state index in [1.807, 2.05) is 0 Å². The van der Waals surface area contributed by atoms with E-state index in [2.05, 4.69) is 43.0 Å². The van der Waals surface area contributed by atoms with Gasteiger partial charge < -0.3 is 5.11 Å². The lowest BCUT2D eigenvalue weighted by Crippen LogP contribution is -2.20. The molecule has 1 aromatic carbocycles. The maximum atomic E-state index is 9.14. The minimum atomic E-state index is 0.337. The lowest BCUT2D eigenvalue weighted by molar-refractivity contribution is 0.220. The van der Waals surface area contributed by atoms with Crippen molar-refractivity contribution >= 4 is 0 Å². The molecular weight excluding hydrogens is 222 g/mol. The lowest BCUT2D eigenvalue weighted by atomic mass is 10.0. The van der Waals surface area contributed by atoms with E-state index >= 15 is 0 Å². The van der Waals surface area contributed by atoms with Gasteiger partial charge in [-0.2, -0.15) is 0 Å². The predicted molar refractivity (Wildman–Crippen MR) is 75.5 cm³/mol. The topological polar surface area (TPSA) is 23.5 Å². The highest BCUT2D eigenvalue weighted by Crippen LogP contribution is 2.18. The average molecular weight is 247 g/mol. The van der Waals surface area contributed by atoms with Crippen molar-refractivity contribution in [2.24, 2.45) is 11.8 Å². The molecule has 2 heteroatoms. The van der Waals surface area contributed by atoms with Gasteiger partial charge in [0.1, 0.15) is 0 Å². The van der Waals surface area contributed by atoms with E-state index in [0.29, 0.717) is 12.5 Å². The van der Waals surface area contributed by atoms with Crippen LogP contribution in [0, 0.1) is 11.8 Å². The van der Waals surface area contributed by atoms with Crippen LogP contribution in [0.5, 0.6) is 0 Å². The minimum Gasteiger partial charge on any atom is -0.396 e. The van der Waals surface area contributed by atoms with Crippen molar-refractivity contribution in [1.82, 2.24) is 4.90 Å². The van der Waals surface area contributed by atoms with E-state index in [1.54, 1.807) is 0 Å². The molecule has 1 atom stereocenters. The molecule has 0 bridgehead atoms. The van der Waals surface area contributed by atoms with Crippen LogP contribution < -0.4 is 0 Å². The Morgan fingerprint density at radius 2 is 1.89 bits per heavy atom. The maximum Gasteiger partial charge on any atom is 0.0471 e. The van der Waals surface area contributed by atoms with Crippen LogP contribution in [0.4, 0.5) is 0 Å². The number of hydrogen-bond acceptors (Lipinski definition) is 2. The summed E-state index contributed by atoms with van der Waals surface area (Å²) < 4.78 is 0. The Labute approximate surface area is 111 Å². The molecule has 1 aliphatic rings. The molecule has 0 radical (unpaired) electrons. The molecule has 0 aromatic heterocycles. The second kappa shape index (κ2) is 6.35. The summed E-state index contributed by atoms with van der Waals surface area (Å²) in [5.41, 5.74) is 2.82. The third-order valence-corrected chi connectivity index (χ3v) is 3.70. The normalized spacial score (nSPS) is 20.8. The van der Waals surface area contributed by atoms with Crippen molar-refractivity contribution < 1.29 is 5.11 Å². The van der Waals surface area contributed by atoms with Crippen LogP contribution in [-0.2, 0) is 13.0 Å². The molecule has 1 unspecified atom stereocenters. The van der Waals surface area contributed by atoms with Gasteiger partial charge in [0.05, 0.1) is 0 Å². The van der Waals surface area contributed by atoms with Gasteiger partial charge in [-0.25, -0.2) is 0 Å². The smallest absolute Gasteiger partial charge is 0.0471 e. The maximum absolute atomic E-state index is 9.14. The van der Waals surface area contributed by atoms with E-state index in [9.17, 15) is 0 Å². The first kappa shape index (κ1) is 13.6. The number of rotatable bonds is 5. The summed E-state index contributed by atoms with van der Waals surface area (Å²) in [6.45, 7) is 8.05. The number of likely N-dealkylation sites (tertiary alicyclic amines) is 1. The van der Waals surface area contributed by atoms with E-state index in [0.717, 1.165) is 38.4 Å². The van der Waals surface area contributed by atoms with Crippen LogP contribution in [-0.4, -0.2) is 29.7 Å². The summed E-state index contributed by atoms with van der Waals surface area (Å²) in [6, 6.07) is 9.03. The SMILES string of the molecule is CC(C)Cc1ccc(CN2CCC(CO)C2)cc1. The van der Waals surface area contributed by atoms with Gasteiger partial charge in [-0.05, 0) is 42.3 Å². The van der Waals surface area contributed by atoms with E-state index in [4.69, 9.17) is 5.11 Å². The molecule has 100 valence electrons. The van der Waals surface area contributed by atoms with Gasteiger partial charge in [0.15, 0.2) is 0 Å². The van der Waals surface area contributed by atoms with Crippen LogP contribution in [0.25, 0.3) is 0 Å². The van der Waals surface area contributed by atoms with Gasteiger partial charge in [0.2, 0.25) is 0 Å². The second-order valence-corrected chi connectivity index (χ2v) is 5.99. The van der Waals surface area contributed by atoms with Crippen molar-refractivity contribution in [3.05, 3.63) is 35.4 Å². The summed E-state index contributed by atoms with van der Waals surface area (Å²) in [6.07, 6.45) is 2.30. The molecular formula is C16H25NO. The standard InChI is InChI=1S/C16H25NO/c1-13(2)9-14-3-5-15(6-4-14)10-17-8-7-16(11-17)12-18/h3-6,13,16,18H,7-12H2,1-2H3. The first-order chi connectivity index (χ1) is 8.67. The largest absolute Gasteiger partial charge is 0.396 e. The molecule has 0 amide bonds. The summed E-state index contributed by atoms with van der Waals surface area (Å²) in [4.78, 5) is 2.44. The minimum absolute atomic E-state index is 0.337. The molecule has 1 heterocycles. The lowest BCUT2D eigenvalue weighted by Gasteiger charge is -2.16. The van der Waals surface area contributed by atoms with Crippen molar-refractivity contribution in [3.63, 3.8) is 0 Å². The monoisotopic (exact) mass is 247 g/mol. The quantitative estimate of drug-likeness (QED) is 0.865. The van der Waals surface area contributed by atoms with Gasteiger partial charge in [0.25, 0.3) is 0 Å². The fourth-order valence-electron chi connectivity index (χ4n) is 2.72. The molecule has 0 saturated carbocycles. The highest BCUT2D eigenvalue weighted by atomic mass is 16.3. The summed E-state index contributed by atoms with van der Waals surface area (Å²) in [7, 11) is 0. The van der Waals surface area contributed by atoms with Gasteiger partial charge >= 0.3 is 0 Å². The summed E-state index contributed by atoms with van der Waals surface area (Å²) >= 11 is 0. The van der Waals surface area contributed by atoms with Gasteiger partial charge in [-0.15, -0.1) is 0 Å². The molecule has 1 aromatic rings. The highest BCUT2D eigenvalue weighted by Gasteiger charge is 2.21. The van der Waals surface area contributed by atoms with Crippen molar-refractivity contribution in [1.29, 1.82) is 0 Å². The zero-order valence-electron chi connectivity index (χ0n) is 11.6. The Hall–Kier alpha value is -0.860. The van der Waals surface area contributed by atoms with Gasteiger partial charge in [-0.3, -0.25) is 4.90 Å². The van der Waals surface area contributed by atoms with Crippen molar-refractivity contribution in [2.45, 2.75) is 33.2 Å². The summed E-state index contributed by atoms with van der Waals surface area (Å²) in [5.74, 6) is 1.21. The molecule has 1 saturated heterocycles. The molecule has 2 nitrogen and oxygen atoms in total. The molecule has 0 spiro atoms. The fraction of sp³-hybridized carbons (Fsp3) is 0.625. The molecule has 1 aliphatic heterocycles. The Kier molecular flexibility index (Phi) is 4.79. The molecule has 1 fully saturated rings. The first-order valence-corrected chi connectivity index (χ1v) is 7.08. The van der Waals surface area contributed by atoms with Crippen LogP contribution in [0.1, 0.15) is 31.4 Å². The zero-order chi connectivity index (χ0) is 13.0. The Balaban J connectivity index is 1.87. The van der Waals surface area contributed by atoms with Gasteiger partial charge in [0, 0.05) is 19.7 Å². The average Bonchev–Trinajstić information content (AvgIpc) is 2.79. The van der Waals surface area contributed by atoms with E-state index in [1.165, 1.54) is 11.1 Å². The molecule has 18 heavy (non-hydrogen) atoms. The Morgan fingerprint density at radius 3 is 2.44 bits per heavy atom. The van der Waals surface area contributed by atoms with Crippen LogP contribution in [0.2, 0.25) is 0 Å². The second-order valence-electron chi connectivity index (χ2n) is 5.99. The number of aliphatic hydroxyl groups excluding tert-OH is 1. The zero-order valence-corrected chi connectivity index (χ0v) is 11.6. The fourth-order valence-corrected chi connectivity index (χ4v) is 2.72. The Bertz CT molecular complexity index is 358. The van der Waals surface area contributed by atoms with E-state index in [-0.39, 0.29) is 0 Å². The summed E-state index contributed by atoms with van der Waals surface area (Å²) in [5, 5.41) is 9.14. The number of hydrogen-bond donors (Lipinski definition) is 1. The van der Waals surface area contributed by atoms with Gasteiger partial charge in [-0.1, -0.05) is 38.1 Å². The third-order valence-electron chi connectivity index (χ3n) is 3.70. The van der Waals surface area contributed by atoms with Crippen molar-refractivity contribution in [3.8, 4) is 0 Å². The van der Waals surface area contributed by atoms with Crippen molar-refractivity contribution in [2.75, 3.05) is 19.7 Å². The third kappa shape index (κ3) is 3.82. The number of aliphatic hydroxyl groups is 1. The van der Waals surface area contributed by atoms with Crippen LogP contribution in [0.15, 0.2) is 24.3 Å². The number of nitrogens with zero attached hydrogens (tertiary/aromatic N) is 1. The molecule has 2 rings (SSSR count). The molecule has 1 N–H and O–H groups in total. The highest BCUT2D eigenvalue weighted by molar-refractivity contribution is 5.22. The number of benzene rings is 1.